The van der Waals surface area contributed by atoms with E-state index in [9.17, 15) is 9.59 Å². The van der Waals surface area contributed by atoms with Crippen LogP contribution in [0.1, 0.15) is 39.4 Å². The van der Waals surface area contributed by atoms with Crippen molar-refractivity contribution < 1.29 is 19.4 Å². The van der Waals surface area contributed by atoms with Gasteiger partial charge >= 0.3 is 5.97 Å². The Morgan fingerprint density at radius 2 is 1.79 bits per heavy atom. The van der Waals surface area contributed by atoms with Crippen LogP contribution < -0.4 is 4.74 Å². The van der Waals surface area contributed by atoms with Crippen molar-refractivity contribution in [3.8, 4) is 5.75 Å². The molecule has 1 aliphatic rings. The second-order valence-corrected chi connectivity index (χ2v) is 5.60. The molecule has 0 aliphatic heterocycles. The highest BCUT2D eigenvalue weighted by Gasteiger charge is 2.33. The molecule has 124 valence electrons. The van der Waals surface area contributed by atoms with Crippen molar-refractivity contribution in [2.45, 2.75) is 25.4 Å². The predicted molar refractivity (Wildman–Crippen MR) is 84.9 cm³/mol. The van der Waals surface area contributed by atoms with Gasteiger partial charge in [0.05, 0.1) is 19.5 Å². The van der Waals surface area contributed by atoms with Crippen LogP contribution in [0.5, 0.6) is 5.75 Å². The first kappa shape index (κ1) is 15.9. The highest BCUT2D eigenvalue weighted by molar-refractivity contribution is 5.93. The third-order valence-corrected chi connectivity index (χ3v) is 3.85. The molecule has 2 aromatic rings. The van der Waals surface area contributed by atoms with Gasteiger partial charge in [0.25, 0.3) is 5.91 Å². The van der Waals surface area contributed by atoms with E-state index in [0.29, 0.717) is 6.54 Å². The number of amides is 1. The van der Waals surface area contributed by atoms with E-state index in [0.717, 1.165) is 30.4 Å². The molecule has 24 heavy (non-hydrogen) atoms. The first-order valence-corrected chi connectivity index (χ1v) is 7.57. The summed E-state index contributed by atoms with van der Waals surface area (Å²) in [7, 11) is 1.61. The van der Waals surface area contributed by atoms with Gasteiger partial charge in [0, 0.05) is 12.6 Å². The van der Waals surface area contributed by atoms with Gasteiger partial charge in [-0.3, -0.25) is 4.79 Å². The second-order valence-electron chi connectivity index (χ2n) is 5.60. The van der Waals surface area contributed by atoms with E-state index in [1.807, 2.05) is 24.3 Å². The number of aromatic nitrogens is 2. The first-order valence-electron chi connectivity index (χ1n) is 7.57. The molecule has 0 radical (unpaired) electrons. The van der Waals surface area contributed by atoms with Crippen LogP contribution in [0.4, 0.5) is 0 Å². The Balaban J connectivity index is 1.77. The molecule has 1 aromatic carbocycles. The van der Waals surface area contributed by atoms with Gasteiger partial charge in [0.15, 0.2) is 5.69 Å². The molecule has 0 atom stereocenters. The van der Waals surface area contributed by atoms with Crippen molar-refractivity contribution in [2.75, 3.05) is 7.11 Å². The fraction of sp³-hybridized carbons (Fsp3) is 0.294. The Labute approximate surface area is 138 Å². The van der Waals surface area contributed by atoms with Crippen LogP contribution in [-0.4, -0.2) is 45.0 Å². The third kappa shape index (κ3) is 3.51. The largest absolute Gasteiger partial charge is 0.497 e. The van der Waals surface area contributed by atoms with Crippen LogP contribution in [0, 0.1) is 0 Å². The van der Waals surface area contributed by atoms with Crippen molar-refractivity contribution in [1.82, 2.24) is 14.9 Å². The van der Waals surface area contributed by atoms with E-state index in [-0.39, 0.29) is 23.3 Å². The number of carboxylic acid groups (broad SMARTS) is 1. The Morgan fingerprint density at radius 1 is 1.17 bits per heavy atom. The monoisotopic (exact) mass is 327 g/mol. The van der Waals surface area contributed by atoms with Gasteiger partial charge in [0.1, 0.15) is 11.4 Å². The fourth-order valence-corrected chi connectivity index (χ4v) is 2.38. The Hall–Kier alpha value is -2.96. The fourth-order valence-electron chi connectivity index (χ4n) is 2.38. The lowest BCUT2D eigenvalue weighted by molar-refractivity contribution is 0.0682. The maximum absolute atomic E-state index is 12.7. The lowest BCUT2D eigenvalue weighted by atomic mass is 10.2. The minimum atomic E-state index is -1.17. The molecule has 7 heteroatoms. The first-order chi connectivity index (χ1) is 11.6. The predicted octanol–water partition coefficient (Wildman–Crippen LogP) is 1.99. The van der Waals surface area contributed by atoms with Crippen molar-refractivity contribution in [2.24, 2.45) is 0 Å². The zero-order valence-electron chi connectivity index (χ0n) is 13.2. The number of nitrogens with zero attached hydrogens (tertiary/aromatic N) is 3. The number of carboxylic acids is 1. The molecule has 1 amide bonds. The van der Waals surface area contributed by atoms with Crippen LogP contribution in [0.15, 0.2) is 36.7 Å². The number of hydrogen-bond donors (Lipinski definition) is 1. The topological polar surface area (TPSA) is 92.6 Å². The van der Waals surface area contributed by atoms with Gasteiger partial charge in [-0.05, 0) is 30.5 Å². The number of benzene rings is 1. The molecule has 1 heterocycles. The maximum Gasteiger partial charge on any atom is 0.356 e. The third-order valence-electron chi connectivity index (χ3n) is 3.85. The molecule has 0 unspecified atom stereocenters. The Morgan fingerprint density at radius 3 is 2.29 bits per heavy atom. The minimum absolute atomic E-state index is 0.153. The van der Waals surface area contributed by atoms with Crippen LogP contribution in [0.3, 0.4) is 0 Å². The number of hydrogen-bond acceptors (Lipinski definition) is 5. The summed E-state index contributed by atoms with van der Waals surface area (Å²) in [6.45, 7) is 0.468. The van der Waals surface area contributed by atoms with E-state index in [1.54, 1.807) is 12.0 Å². The number of carbonyl (C=O) groups excluding carboxylic acids is 1. The molecule has 1 fully saturated rings. The average molecular weight is 327 g/mol. The average Bonchev–Trinajstić information content (AvgIpc) is 3.44. The highest BCUT2D eigenvalue weighted by Crippen LogP contribution is 2.29. The lowest BCUT2D eigenvalue weighted by Crippen LogP contribution is -2.33. The zero-order valence-corrected chi connectivity index (χ0v) is 13.2. The van der Waals surface area contributed by atoms with E-state index < -0.39 is 5.97 Å². The minimum Gasteiger partial charge on any atom is -0.497 e. The molecule has 0 spiro atoms. The van der Waals surface area contributed by atoms with E-state index in [1.165, 1.54) is 6.20 Å². The summed E-state index contributed by atoms with van der Waals surface area (Å²) in [5.74, 6) is -0.644. The van der Waals surface area contributed by atoms with Crippen LogP contribution in [0.2, 0.25) is 0 Å². The summed E-state index contributed by atoms with van der Waals surface area (Å²) < 4.78 is 5.13. The van der Waals surface area contributed by atoms with Crippen LogP contribution in [0.25, 0.3) is 0 Å². The number of aromatic carboxylic acids is 1. The number of ether oxygens (including phenoxy) is 1. The van der Waals surface area contributed by atoms with Crippen LogP contribution >= 0.6 is 0 Å². The summed E-state index contributed by atoms with van der Waals surface area (Å²) in [5.41, 5.74) is 0.964. The summed E-state index contributed by atoms with van der Waals surface area (Å²) in [6, 6.07) is 7.74. The SMILES string of the molecule is COc1ccc(CN(C(=O)c2cnc(C(=O)O)cn2)C2CC2)cc1. The van der Waals surface area contributed by atoms with Crippen molar-refractivity contribution in [1.29, 1.82) is 0 Å². The molecule has 1 N–H and O–H groups in total. The molecule has 3 rings (SSSR count). The molecular formula is C17H17N3O4. The summed E-state index contributed by atoms with van der Waals surface area (Å²) in [4.78, 5) is 33.0. The number of carbonyl (C=O) groups is 2. The molecular weight excluding hydrogens is 310 g/mol. The van der Waals surface area contributed by atoms with Gasteiger partial charge in [-0.15, -0.1) is 0 Å². The van der Waals surface area contributed by atoms with E-state index >= 15 is 0 Å². The van der Waals surface area contributed by atoms with Gasteiger partial charge in [0.2, 0.25) is 0 Å². The van der Waals surface area contributed by atoms with Gasteiger partial charge in [-0.25, -0.2) is 14.8 Å². The molecule has 1 aromatic heterocycles. The van der Waals surface area contributed by atoms with Crippen molar-refractivity contribution >= 4 is 11.9 Å². The van der Waals surface area contributed by atoms with Gasteiger partial charge in [-0.1, -0.05) is 12.1 Å². The highest BCUT2D eigenvalue weighted by atomic mass is 16.5. The Kier molecular flexibility index (Phi) is 4.41. The summed E-state index contributed by atoms with van der Waals surface area (Å²) >= 11 is 0. The van der Waals surface area contributed by atoms with Gasteiger partial charge < -0.3 is 14.7 Å². The molecule has 1 aliphatic carbocycles. The normalized spacial score (nSPS) is 13.4. The van der Waals surface area contributed by atoms with Crippen LogP contribution in [-0.2, 0) is 6.54 Å². The standard InChI is InChI=1S/C17H17N3O4/c1-24-13-6-2-11(3-7-13)10-20(12-4-5-12)16(21)14-8-19-15(9-18-14)17(22)23/h2-3,6-9,12H,4-5,10H2,1H3,(H,22,23). The number of methoxy groups -OCH3 is 1. The smallest absolute Gasteiger partial charge is 0.356 e. The summed E-state index contributed by atoms with van der Waals surface area (Å²) in [5, 5.41) is 8.85. The molecule has 1 saturated carbocycles. The lowest BCUT2D eigenvalue weighted by Gasteiger charge is -2.22. The second kappa shape index (κ2) is 6.66. The zero-order chi connectivity index (χ0) is 17.1. The van der Waals surface area contributed by atoms with Crippen molar-refractivity contribution in [3.63, 3.8) is 0 Å². The molecule has 7 nitrogen and oxygen atoms in total. The quantitative estimate of drug-likeness (QED) is 0.872. The molecule has 0 saturated heterocycles. The van der Waals surface area contributed by atoms with E-state index in [4.69, 9.17) is 9.84 Å². The van der Waals surface area contributed by atoms with Gasteiger partial charge in [-0.2, -0.15) is 0 Å². The van der Waals surface area contributed by atoms with E-state index in [2.05, 4.69) is 9.97 Å². The number of rotatable bonds is 6. The Bertz CT molecular complexity index is 739. The van der Waals surface area contributed by atoms with Crippen molar-refractivity contribution in [3.05, 3.63) is 53.6 Å². The molecule has 0 bridgehead atoms. The maximum atomic E-state index is 12.7. The summed E-state index contributed by atoms with van der Waals surface area (Å²) in [6.07, 6.45) is 4.24.